The average molecular weight is 497 g/mol. The minimum atomic E-state index is -2.59. The lowest BCUT2D eigenvalue weighted by Crippen LogP contribution is -2.39. The predicted octanol–water partition coefficient (Wildman–Crippen LogP) is 5.67. The number of halogens is 2. The Morgan fingerprint density at radius 1 is 1.00 bits per heavy atom. The molecular formula is C26H30F2N6O2. The quantitative estimate of drug-likeness (QED) is 0.451. The Morgan fingerprint density at radius 2 is 1.78 bits per heavy atom. The van der Waals surface area contributed by atoms with Gasteiger partial charge in [0.25, 0.3) is 5.92 Å². The maximum absolute atomic E-state index is 13.5. The molecule has 0 amide bonds. The number of anilines is 3. The van der Waals surface area contributed by atoms with Crippen LogP contribution in [0.4, 0.5) is 26.1 Å². The third-order valence-electron chi connectivity index (χ3n) is 7.05. The Labute approximate surface area is 208 Å². The van der Waals surface area contributed by atoms with E-state index in [0.29, 0.717) is 29.3 Å². The van der Waals surface area contributed by atoms with Gasteiger partial charge in [-0.15, -0.1) is 0 Å². The number of hydrogen-bond acceptors (Lipinski definition) is 7. The molecule has 2 aliphatic heterocycles. The molecule has 1 N–H and O–H groups in total. The maximum Gasteiger partial charge on any atom is 0.251 e. The van der Waals surface area contributed by atoms with Gasteiger partial charge >= 0.3 is 0 Å². The molecule has 3 aromatic heterocycles. The van der Waals surface area contributed by atoms with E-state index in [4.69, 9.17) is 14.6 Å². The first-order valence-electron chi connectivity index (χ1n) is 12.7. The van der Waals surface area contributed by atoms with E-state index in [1.54, 1.807) is 12.4 Å². The number of alkyl halides is 2. The Morgan fingerprint density at radius 3 is 2.56 bits per heavy atom. The Bertz CT molecular complexity index is 1200. The summed E-state index contributed by atoms with van der Waals surface area (Å²) >= 11 is 0. The first kappa shape index (κ1) is 23.1. The lowest BCUT2D eigenvalue weighted by atomic mass is 9.96. The first-order valence-corrected chi connectivity index (χ1v) is 12.7. The van der Waals surface area contributed by atoms with Crippen molar-refractivity contribution in [2.24, 2.45) is 0 Å². The number of piperidine rings is 1. The van der Waals surface area contributed by atoms with Crippen molar-refractivity contribution in [3.63, 3.8) is 0 Å². The number of pyridine rings is 2. The highest BCUT2D eigenvalue weighted by molar-refractivity contribution is 5.61. The minimum absolute atomic E-state index is 0.152. The molecule has 10 heteroatoms. The van der Waals surface area contributed by atoms with Gasteiger partial charge in [-0.1, -0.05) is 0 Å². The monoisotopic (exact) mass is 496 g/mol. The highest BCUT2D eigenvalue weighted by Crippen LogP contribution is 2.40. The highest BCUT2D eigenvalue weighted by atomic mass is 19.3. The molecule has 5 heterocycles. The van der Waals surface area contributed by atoms with E-state index in [-0.39, 0.29) is 25.9 Å². The average Bonchev–Trinajstić information content (AvgIpc) is 3.65. The fourth-order valence-corrected chi connectivity index (χ4v) is 4.80. The van der Waals surface area contributed by atoms with Gasteiger partial charge in [-0.2, -0.15) is 5.10 Å². The molecule has 6 rings (SSSR count). The van der Waals surface area contributed by atoms with Gasteiger partial charge in [0, 0.05) is 75.3 Å². The second kappa shape index (κ2) is 9.65. The van der Waals surface area contributed by atoms with E-state index in [0.717, 1.165) is 56.0 Å². The van der Waals surface area contributed by atoms with Gasteiger partial charge < -0.3 is 19.7 Å². The molecule has 36 heavy (non-hydrogen) atoms. The molecule has 1 saturated carbocycles. The molecule has 0 atom stereocenters. The summed E-state index contributed by atoms with van der Waals surface area (Å²) < 4.78 is 41.0. The number of nitrogens with zero attached hydrogens (tertiary/aromatic N) is 5. The Kier molecular flexibility index (Phi) is 6.20. The third kappa shape index (κ3) is 5.28. The Balaban J connectivity index is 1.17. The van der Waals surface area contributed by atoms with Crippen LogP contribution in [0.1, 0.15) is 56.2 Å². The summed E-state index contributed by atoms with van der Waals surface area (Å²) in [6.45, 7) is 2.07. The van der Waals surface area contributed by atoms with Crippen molar-refractivity contribution in [3.05, 3.63) is 48.5 Å². The second-order valence-electron chi connectivity index (χ2n) is 9.83. The molecule has 2 saturated heterocycles. The van der Waals surface area contributed by atoms with Gasteiger partial charge in [-0.3, -0.25) is 4.68 Å². The van der Waals surface area contributed by atoms with Crippen molar-refractivity contribution in [2.45, 2.75) is 56.4 Å². The third-order valence-corrected chi connectivity index (χ3v) is 7.05. The van der Waals surface area contributed by atoms with Crippen LogP contribution >= 0.6 is 0 Å². The molecule has 8 nitrogen and oxygen atoms in total. The molecule has 0 aromatic carbocycles. The van der Waals surface area contributed by atoms with Crippen LogP contribution in [0.2, 0.25) is 0 Å². The molecule has 1 aliphatic carbocycles. The van der Waals surface area contributed by atoms with E-state index in [1.807, 2.05) is 35.4 Å². The van der Waals surface area contributed by atoms with Crippen LogP contribution in [0, 0.1) is 0 Å². The number of aromatic nitrogens is 4. The van der Waals surface area contributed by atoms with Gasteiger partial charge in [0.15, 0.2) is 5.75 Å². The topological polar surface area (TPSA) is 77.3 Å². The first-order chi connectivity index (χ1) is 17.5. The van der Waals surface area contributed by atoms with Gasteiger partial charge in [0.05, 0.1) is 12.2 Å². The largest absolute Gasteiger partial charge is 0.454 e. The zero-order chi connectivity index (χ0) is 24.5. The molecule has 0 unspecified atom stereocenters. The standard InChI is InChI=1S/C26H30F2N6O2/c27-26(28)7-11-33(12-8-26)24-15-19(3-9-30-24)31-23-16-21(4-10-29-23)36-22-17-34(20-1-2-20)32-25(22)18-5-13-35-14-6-18/h3-4,9-10,15-18,20H,1-2,5-8,11-14H2,(H,29,30,31). The lowest BCUT2D eigenvalue weighted by Gasteiger charge is -2.32. The highest BCUT2D eigenvalue weighted by Gasteiger charge is 2.34. The van der Waals surface area contributed by atoms with Crippen LogP contribution < -0.4 is 15.0 Å². The summed E-state index contributed by atoms with van der Waals surface area (Å²) in [5.74, 6) is 0.505. The van der Waals surface area contributed by atoms with E-state index in [2.05, 4.69) is 20.0 Å². The molecule has 3 aromatic rings. The number of hydrogen-bond donors (Lipinski definition) is 1. The van der Waals surface area contributed by atoms with E-state index in [9.17, 15) is 8.78 Å². The molecule has 0 radical (unpaired) electrons. The van der Waals surface area contributed by atoms with Crippen molar-refractivity contribution in [3.8, 4) is 11.5 Å². The van der Waals surface area contributed by atoms with Crippen LogP contribution in [0.3, 0.4) is 0 Å². The SMILES string of the molecule is FC1(F)CCN(c2cc(Nc3cc(Oc4cn(C5CC5)nc4C4CCOCC4)ccn3)ccn2)CC1. The van der Waals surface area contributed by atoms with E-state index >= 15 is 0 Å². The smallest absolute Gasteiger partial charge is 0.251 e. The summed E-state index contributed by atoms with van der Waals surface area (Å²) in [5, 5.41) is 8.19. The lowest BCUT2D eigenvalue weighted by molar-refractivity contribution is -0.0221. The van der Waals surface area contributed by atoms with Gasteiger partial charge in [-0.05, 0) is 37.8 Å². The number of ether oxygens (including phenoxy) is 2. The summed E-state index contributed by atoms with van der Waals surface area (Å²) in [6.07, 6.45) is 9.30. The molecule has 0 spiro atoms. The van der Waals surface area contributed by atoms with Crippen LogP contribution in [-0.4, -0.2) is 52.0 Å². The van der Waals surface area contributed by atoms with Crippen molar-refractivity contribution < 1.29 is 18.3 Å². The van der Waals surface area contributed by atoms with Crippen LogP contribution in [-0.2, 0) is 4.74 Å². The predicted molar refractivity (Wildman–Crippen MR) is 132 cm³/mol. The minimum Gasteiger partial charge on any atom is -0.454 e. The van der Waals surface area contributed by atoms with Crippen LogP contribution in [0.15, 0.2) is 42.9 Å². The summed E-state index contributed by atoms with van der Waals surface area (Å²) in [5.41, 5.74) is 1.79. The summed E-state index contributed by atoms with van der Waals surface area (Å²) in [6, 6.07) is 7.85. The van der Waals surface area contributed by atoms with Crippen molar-refractivity contribution in [1.82, 2.24) is 19.7 Å². The van der Waals surface area contributed by atoms with Crippen LogP contribution in [0.25, 0.3) is 0 Å². The normalized spacial score (nSPS) is 20.3. The Hall–Kier alpha value is -3.27. The van der Waals surface area contributed by atoms with E-state index in [1.165, 1.54) is 0 Å². The number of nitrogens with one attached hydrogen (secondary N) is 1. The molecule has 190 valence electrons. The zero-order valence-corrected chi connectivity index (χ0v) is 20.1. The van der Waals surface area contributed by atoms with Crippen molar-refractivity contribution >= 4 is 17.3 Å². The number of rotatable bonds is 7. The van der Waals surface area contributed by atoms with Crippen LogP contribution in [0.5, 0.6) is 11.5 Å². The molecule has 3 aliphatic rings. The molecular weight excluding hydrogens is 466 g/mol. The van der Waals surface area contributed by atoms with Gasteiger partial charge in [-0.25, -0.2) is 18.7 Å². The fraction of sp³-hybridized carbons (Fsp3) is 0.500. The van der Waals surface area contributed by atoms with Crippen molar-refractivity contribution in [2.75, 3.05) is 36.5 Å². The second-order valence-corrected chi connectivity index (χ2v) is 9.83. The molecule has 3 fully saturated rings. The summed E-state index contributed by atoms with van der Waals surface area (Å²) in [4.78, 5) is 10.7. The van der Waals surface area contributed by atoms with Gasteiger partial charge in [0.2, 0.25) is 0 Å². The van der Waals surface area contributed by atoms with Crippen molar-refractivity contribution in [1.29, 1.82) is 0 Å². The maximum atomic E-state index is 13.5. The molecule has 0 bridgehead atoms. The zero-order valence-electron chi connectivity index (χ0n) is 20.1. The summed E-state index contributed by atoms with van der Waals surface area (Å²) in [7, 11) is 0. The van der Waals surface area contributed by atoms with Gasteiger partial charge in [0.1, 0.15) is 23.1 Å². The van der Waals surface area contributed by atoms with E-state index < -0.39 is 5.92 Å². The fourth-order valence-electron chi connectivity index (χ4n) is 4.80.